The summed E-state index contributed by atoms with van der Waals surface area (Å²) in [4.78, 5) is 10.0. The lowest BCUT2D eigenvalue weighted by Gasteiger charge is -2.04. The van der Waals surface area contributed by atoms with E-state index in [9.17, 15) is 4.79 Å². The van der Waals surface area contributed by atoms with Crippen LogP contribution < -0.4 is 9.47 Å². The summed E-state index contributed by atoms with van der Waals surface area (Å²) in [6, 6.07) is 6.86. The average molecular weight is 192 g/mol. The van der Waals surface area contributed by atoms with E-state index >= 15 is 0 Å². The Kier molecular flexibility index (Phi) is 4.27. The van der Waals surface area contributed by atoms with E-state index in [1.807, 2.05) is 0 Å². The molecule has 1 aromatic rings. The average Bonchev–Trinajstić information content (AvgIpc) is 2.21. The molecule has 1 rings (SSSR count). The number of hydrogen-bond acceptors (Lipinski definition) is 3. The maximum absolute atomic E-state index is 10.0. The molecule has 0 spiro atoms. The van der Waals surface area contributed by atoms with Gasteiger partial charge in [0, 0.05) is 0 Å². The van der Waals surface area contributed by atoms with Crippen LogP contribution in [-0.4, -0.2) is 13.1 Å². The number of rotatable bonds is 6. The molecule has 3 nitrogen and oxygen atoms in total. The molecule has 0 fully saturated rings. The molecule has 0 bridgehead atoms. The van der Waals surface area contributed by atoms with Crippen molar-refractivity contribution in [3.63, 3.8) is 0 Å². The lowest BCUT2D eigenvalue weighted by molar-refractivity contribution is -0.120. The Morgan fingerprint density at radius 2 is 1.86 bits per heavy atom. The summed E-state index contributed by atoms with van der Waals surface area (Å²) in [5, 5.41) is 0. The Morgan fingerprint density at radius 3 is 2.43 bits per heavy atom. The second-order valence-electron chi connectivity index (χ2n) is 2.61. The number of carbonyl (C=O) groups is 1. The van der Waals surface area contributed by atoms with E-state index in [2.05, 4.69) is 11.3 Å². The van der Waals surface area contributed by atoms with Gasteiger partial charge in [-0.05, 0) is 30.7 Å². The molecule has 0 heterocycles. The van der Waals surface area contributed by atoms with Crippen molar-refractivity contribution >= 4 is 6.47 Å². The fourth-order valence-corrected chi connectivity index (χ4v) is 0.930. The van der Waals surface area contributed by atoms with Crippen molar-refractivity contribution in [1.29, 1.82) is 0 Å². The molecule has 1 aromatic carbocycles. The Bertz CT molecular complexity index is 290. The fourth-order valence-electron chi connectivity index (χ4n) is 0.930. The third-order valence-electron chi connectivity index (χ3n) is 1.60. The largest absolute Gasteiger partial charge is 0.493 e. The van der Waals surface area contributed by atoms with Crippen LogP contribution in [0.15, 0.2) is 36.9 Å². The maximum atomic E-state index is 10.0. The first-order valence-corrected chi connectivity index (χ1v) is 4.31. The molecule has 3 heteroatoms. The van der Waals surface area contributed by atoms with Crippen LogP contribution in [0.1, 0.15) is 6.42 Å². The number of hydrogen-bond donors (Lipinski definition) is 0. The summed E-state index contributed by atoms with van der Waals surface area (Å²) in [5.74, 6) is 1.26. The number of ether oxygens (including phenoxy) is 2. The SMILES string of the molecule is C=CCCOc1ccc(OC=O)cc1. The molecule has 0 aliphatic rings. The van der Waals surface area contributed by atoms with E-state index in [1.165, 1.54) is 0 Å². The first kappa shape index (κ1) is 10.3. The first-order valence-electron chi connectivity index (χ1n) is 4.31. The van der Waals surface area contributed by atoms with Gasteiger partial charge in [0.1, 0.15) is 11.5 Å². The van der Waals surface area contributed by atoms with E-state index in [0.29, 0.717) is 18.8 Å². The molecule has 74 valence electrons. The van der Waals surface area contributed by atoms with Crippen molar-refractivity contribution in [2.24, 2.45) is 0 Å². The van der Waals surface area contributed by atoms with Gasteiger partial charge in [0.2, 0.25) is 0 Å². The molecule has 0 amide bonds. The van der Waals surface area contributed by atoms with Gasteiger partial charge >= 0.3 is 0 Å². The second kappa shape index (κ2) is 5.80. The van der Waals surface area contributed by atoms with Gasteiger partial charge in [0.25, 0.3) is 6.47 Å². The van der Waals surface area contributed by atoms with Crippen LogP contribution in [0.5, 0.6) is 11.5 Å². The van der Waals surface area contributed by atoms with Crippen LogP contribution in [0.4, 0.5) is 0 Å². The quantitative estimate of drug-likeness (QED) is 0.393. The standard InChI is InChI=1S/C11H12O3/c1-2-3-8-13-10-4-6-11(7-5-10)14-9-12/h2,4-7,9H,1,3,8H2. The van der Waals surface area contributed by atoms with Gasteiger partial charge in [-0.1, -0.05) is 6.08 Å². The monoisotopic (exact) mass is 192 g/mol. The molecule has 0 radical (unpaired) electrons. The van der Waals surface area contributed by atoms with Gasteiger partial charge in [-0.25, -0.2) is 0 Å². The van der Waals surface area contributed by atoms with Crippen LogP contribution in [0.3, 0.4) is 0 Å². The van der Waals surface area contributed by atoms with Crippen molar-refractivity contribution < 1.29 is 14.3 Å². The molecule has 0 aliphatic carbocycles. The van der Waals surface area contributed by atoms with Gasteiger partial charge in [0.15, 0.2) is 0 Å². The minimum atomic E-state index is 0.396. The van der Waals surface area contributed by atoms with Crippen molar-refractivity contribution in [2.75, 3.05) is 6.61 Å². The Morgan fingerprint density at radius 1 is 1.21 bits per heavy atom. The van der Waals surface area contributed by atoms with Crippen LogP contribution >= 0.6 is 0 Å². The van der Waals surface area contributed by atoms with Crippen LogP contribution in [0.2, 0.25) is 0 Å². The third-order valence-corrected chi connectivity index (χ3v) is 1.60. The maximum Gasteiger partial charge on any atom is 0.298 e. The first-order chi connectivity index (χ1) is 6.86. The predicted octanol–water partition coefficient (Wildman–Crippen LogP) is 2.18. The fraction of sp³-hybridized carbons (Fsp3) is 0.182. The highest BCUT2D eigenvalue weighted by Crippen LogP contribution is 2.16. The summed E-state index contributed by atoms with van der Waals surface area (Å²) >= 11 is 0. The van der Waals surface area contributed by atoms with Crippen molar-refractivity contribution in [3.8, 4) is 11.5 Å². The molecule has 0 saturated carbocycles. The minimum absolute atomic E-state index is 0.396. The highest BCUT2D eigenvalue weighted by atomic mass is 16.5. The Hall–Kier alpha value is -1.77. The molecule has 0 aromatic heterocycles. The zero-order valence-corrected chi connectivity index (χ0v) is 7.81. The van der Waals surface area contributed by atoms with E-state index in [0.717, 1.165) is 12.2 Å². The molecular weight excluding hydrogens is 180 g/mol. The number of benzene rings is 1. The molecule has 0 N–H and O–H groups in total. The molecule has 14 heavy (non-hydrogen) atoms. The smallest absolute Gasteiger partial charge is 0.298 e. The van der Waals surface area contributed by atoms with E-state index < -0.39 is 0 Å². The second-order valence-corrected chi connectivity index (χ2v) is 2.61. The topological polar surface area (TPSA) is 35.5 Å². The predicted molar refractivity (Wildman–Crippen MR) is 53.4 cm³/mol. The van der Waals surface area contributed by atoms with Gasteiger partial charge in [-0.2, -0.15) is 0 Å². The van der Waals surface area contributed by atoms with Crippen molar-refractivity contribution in [3.05, 3.63) is 36.9 Å². The number of carbonyl (C=O) groups excluding carboxylic acids is 1. The molecule has 0 atom stereocenters. The van der Waals surface area contributed by atoms with Gasteiger partial charge < -0.3 is 9.47 Å². The lowest BCUT2D eigenvalue weighted by atomic mass is 10.3. The zero-order chi connectivity index (χ0) is 10.2. The normalized spacial score (nSPS) is 9.14. The summed E-state index contributed by atoms with van der Waals surface area (Å²) in [7, 11) is 0. The van der Waals surface area contributed by atoms with Crippen molar-refractivity contribution in [1.82, 2.24) is 0 Å². The summed E-state index contributed by atoms with van der Waals surface area (Å²) in [5.41, 5.74) is 0. The molecule has 0 unspecified atom stereocenters. The third kappa shape index (κ3) is 3.31. The van der Waals surface area contributed by atoms with Gasteiger partial charge in [0.05, 0.1) is 6.61 Å². The summed E-state index contributed by atoms with van der Waals surface area (Å²) < 4.78 is 10.00. The Balaban J connectivity index is 2.46. The highest BCUT2D eigenvalue weighted by Gasteiger charge is 1.94. The lowest BCUT2D eigenvalue weighted by Crippen LogP contribution is -1.95. The van der Waals surface area contributed by atoms with Crippen molar-refractivity contribution in [2.45, 2.75) is 6.42 Å². The Labute approximate surface area is 83.0 Å². The summed E-state index contributed by atoms with van der Waals surface area (Å²) in [6.07, 6.45) is 2.61. The van der Waals surface area contributed by atoms with E-state index in [-0.39, 0.29) is 0 Å². The van der Waals surface area contributed by atoms with E-state index in [1.54, 1.807) is 30.3 Å². The van der Waals surface area contributed by atoms with Crippen LogP contribution in [-0.2, 0) is 4.79 Å². The highest BCUT2D eigenvalue weighted by molar-refractivity contribution is 5.45. The molecule has 0 aliphatic heterocycles. The van der Waals surface area contributed by atoms with Gasteiger partial charge in [-0.15, -0.1) is 6.58 Å². The molecular formula is C11H12O3. The van der Waals surface area contributed by atoms with Crippen LogP contribution in [0, 0.1) is 0 Å². The summed E-state index contributed by atoms with van der Waals surface area (Å²) in [6.45, 7) is 4.60. The minimum Gasteiger partial charge on any atom is -0.493 e. The van der Waals surface area contributed by atoms with Gasteiger partial charge in [-0.3, -0.25) is 4.79 Å². The molecule has 0 saturated heterocycles. The van der Waals surface area contributed by atoms with E-state index in [4.69, 9.17) is 4.74 Å². The zero-order valence-electron chi connectivity index (χ0n) is 7.81. The van der Waals surface area contributed by atoms with Crippen LogP contribution in [0.25, 0.3) is 0 Å².